The molecule has 0 spiro atoms. The summed E-state index contributed by atoms with van der Waals surface area (Å²) < 4.78 is 0.894. The molecule has 0 N–H and O–H groups in total. The average Bonchev–Trinajstić information content (AvgIpc) is 2.19. The van der Waals surface area contributed by atoms with Gasteiger partial charge >= 0.3 is 0 Å². The Hall–Kier alpha value is -0.960. The topological polar surface area (TPSA) is 25.2 Å². The van der Waals surface area contributed by atoms with Crippen molar-refractivity contribution in [1.82, 2.24) is 4.98 Å². The van der Waals surface area contributed by atoms with Gasteiger partial charge in [0.2, 0.25) is 0 Å². The fourth-order valence-electron chi connectivity index (χ4n) is 0.723. The molecule has 0 unspecified atom stereocenters. The molecule has 14 heavy (non-hydrogen) atoms. The number of aromatic nitrogens is 1. The van der Waals surface area contributed by atoms with E-state index in [0.717, 1.165) is 15.9 Å². The zero-order valence-electron chi connectivity index (χ0n) is 8.63. The summed E-state index contributed by atoms with van der Waals surface area (Å²) in [6.07, 6.45) is 4.60. The summed E-state index contributed by atoms with van der Waals surface area (Å²) >= 11 is 3.28. The first-order chi connectivity index (χ1) is 6.69. The van der Waals surface area contributed by atoms with Gasteiger partial charge < -0.3 is 0 Å². The Morgan fingerprint density at radius 3 is 2.57 bits per heavy atom. The Morgan fingerprint density at radius 2 is 2.14 bits per heavy atom. The minimum atomic E-state index is 0.745. The SMILES string of the molecule is C=Cc1ncc(Br)cc1N=C.CCC. The van der Waals surface area contributed by atoms with Gasteiger partial charge in [-0.25, -0.2) is 0 Å². The molecule has 1 aromatic heterocycles. The molecular formula is C11H15BrN2. The molecule has 0 saturated heterocycles. The number of rotatable bonds is 2. The van der Waals surface area contributed by atoms with Crippen molar-refractivity contribution in [1.29, 1.82) is 0 Å². The normalized spacial score (nSPS) is 8.50. The van der Waals surface area contributed by atoms with Crippen LogP contribution in [-0.2, 0) is 0 Å². The third kappa shape index (κ3) is 4.33. The van der Waals surface area contributed by atoms with Gasteiger partial charge in [-0.05, 0) is 34.8 Å². The molecule has 0 radical (unpaired) electrons. The van der Waals surface area contributed by atoms with E-state index in [1.54, 1.807) is 12.3 Å². The van der Waals surface area contributed by atoms with E-state index in [1.807, 2.05) is 6.07 Å². The van der Waals surface area contributed by atoms with E-state index in [0.29, 0.717) is 0 Å². The van der Waals surface area contributed by atoms with Gasteiger partial charge in [-0.3, -0.25) is 9.98 Å². The predicted octanol–water partition coefficient (Wildman–Crippen LogP) is 4.24. The third-order valence-electron chi connectivity index (χ3n) is 1.23. The van der Waals surface area contributed by atoms with Crippen LogP contribution in [0.4, 0.5) is 5.69 Å². The number of nitrogens with zero attached hydrogens (tertiary/aromatic N) is 2. The van der Waals surface area contributed by atoms with Crippen LogP contribution in [0.15, 0.2) is 28.3 Å². The summed E-state index contributed by atoms with van der Waals surface area (Å²) in [5.41, 5.74) is 1.50. The molecular weight excluding hydrogens is 240 g/mol. The second-order valence-corrected chi connectivity index (χ2v) is 3.54. The first-order valence-electron chi connectivity index (χ1n) is 4.44. The molecule has 2 nitrogen and oxygen atoms in total. The summed E-state index contributed by atoms with van der Waals surface area (Å²) in [5.74, 6) is 0. The van der Waals surface area contributed by atoms with Crippen LogP contribution in [0.3, 0.4) is 0 Å². The smallest absolute Gasteiger partial charge is 0.0890 e. The maximum absolute atomic E-state index is 4.07. The molecule has 0 aliphatic carbocycles. The highest BCUT2D eigenvalue weighted by Gasteiger charge is 1.97. The lowest BCUT2D eigenvalue weighted by Crippen LogP contribution is -1.80. The van der Waals surface area contributed by atoms with E-state index >= 15 is 0 Å². The molecule has 0 atom stereocenters. The van der Waals surface area contributed by atoms with E-state index in [1.165, 1.54) is 6.42 Å². The Labute approximate surface area is 93.9 Å². The van der Waals surface area contributed by atoms with Gasteiger partial charge in [0, 0.05) is 10.7 Å². The van der Waals surface area contributed by atoms with Gasteiger partial charge in [0.1, 0.15) is 0 Å². The molecule has 76 valence electrons. The van der Waals surface area contributed by atoms with E-state index in [-0.39, 0.29) is 0 Å². The van der Waals surface area contributed by atoms with Gasteiger partial charge in [0.05, 0.1) is 11.4 Å². The van der Waals surface area contributed by atoms with E-state index in [4.69, 9.17) is 0 Å². The highest BCUT2D eigenvalue weighted by atomic mass is 79.9. The molecule has 1 aromatic rings. The van der Waals surface area contributed by atoms with Gasteiger partial charge in [0.25, 0.3) is 0 Å². The second-order valence-electron chi connectivity index (χ2n) is 2.63. The fourth-order valence-corrected chi connectivity index (χ4v) is 1.04. The summed E-state index contributed by atoms with van der Waals surface area (Å²) in [4.78, 5) is 7.86. The maximum Gasteiger partial charge on any atom is 0.0890 e. The van der Waals surface area contributed by atoms with Crippen molar-refractivity contribution in [3.05, 3.63) is 29.0 Å². The van der Waals surface area contributed by atoms with Gasteiger partial charge in [-0.1, -0.05) is 26.8 Å². The summed E-state index contributed by atoms with van der Waals surface area (Å²) in [6.45, 7) is 11.3. The van der Waals surface area contributed by atoms with Crippen molar-refractivity contribution in [2.45, 2.75) is 20.3 Å². The monoisotopic (exact) mass is 254 g/mol. The minimum absolute atomic E-state index is 0.745. The molecule has 0 aromatic carbocycles. The van der Waals surface area contributed by atoms with Crippen molar-refractivity contribution < 1.29 is 0 Å². The molecule has 1 heterocycles. The lowest BCUT2D eigenvalue weighted by atomic mass is 10.3. The van der Waals surface area contributed by atoms with Crippen LogP contribution < -0.4 is 0 Å². The summed E-state index contributed by atoms with van der Waals surface area (Å²) in [7, 11) is 0. The molecule has 0 aliphatic heterocycles. The number of aliphatic imine (C=N–C) groups is 1. The van der Waals surface area contributed by atoms with Crippen LogP contribution in [0.5, 0.6) is 0 Å². The molecule has 0 bridgehead atoms. The standard InChI is InChI=1S/C8H7BrN2.C3H8/c1-3-7-8(10-2)4-6(9)5-11-7;1-3-2/h3-5H,1-2H2;3H2,1-2H3. The predicted molar refractivity (Wildman–Crippen MR) is 67.2 cm³/mol. The number of pyridine rings is 1. The van der Waals surface area contributed by atoms with Crippen LogP contribution in [0, 0.1) is 0 Å². The number of halogens is 1. The van der Waals surface area contributed by atoms with Crippen LogP contribution in [-0.4, -0.2) is 11.7 Å². The first kappa shape index (κ1) is 13.0. The van der Waals surface area contributed by atoms with E-state index in [9.17, 15) is 0 Å². The fraction of sp³-hybridized carbons (Fsp3) is 0.273. The van der Waals surface area contributed by atoms with E-state index in [2.05, 4.69) is 53.1 Å². The van der Waals surface area contributed by atoms with Crippen LogP contribution in [0.25, 0.3) is 6.08 Å². The van der Waals surface area contributed by atoms with Crippen molar-refractivity contribution in [2.75, 3.05) is 0 Å². The quantitative estimate of drug-likeness (QED) is 0.726. The Balaban J connectivity index is 0.000000500. The van der Waals surface area contributed by atoms with Crippen molar-refractivity contribution in [3.63, 3.8) is 0 Å². The molecule has 0 aliphatic rings. The molecule has 0 saturated carbocycles. The zero-order chi connectivity index (χ0) is 11.0. The van der Waals surface area contributed by atoms with Crippen molar-refractivity contribution >= 4 is 34.4 Å². The highest BCUT2D eigenvalue weighted by Crippen LogP contribution is 2.21. The zero-order valence-corrected chi connectivity index (χ0v) is 10.2. The maximum atomic E-state index is 4.07. The van der Waals surface area contributed by atoms with Crippen molar-refractivity contribution in [2.24, 2.45) is 4.99 Å². The van der Waals surface area contributed by atoms with Gasteiger partial charge in [-0.2, -0.15) is 0 Å². The van der Waals surface area contributed by atoms with Crippen LogP contribution >= 0.6 is 15.9 Å². The molecule has 3 heteroatoms. The van der Waals surface area contributed by atoms with E-state index < -0.39 is 0 Å². The Morgan fingerprint density at radius 1 is 1.57 bits per heavy atom. The minimum Gasteiger partial charge on any atom is -0.262 e. The number of hydrogen-bond acceptors (Lipinski definition) is 2. The second kappa shape index (κ2) is 7.44. The Bertz CT molecular complexity index is 308. The molecule has 0 fully saturated rings. The third-order valence-corrected chi connectivity index (χ3v) is 1.66. The van der Waals surface area contributed by atoms with Crippen molar-refractivity contribution in [3.8, 4) is 0 Å². The summed E-state index contributed by atoms with van der Waals surface area (Å²) in [5, 5.41) is 0. The first-order valence-corrected chi connectivity index (χ1v) is 5.23. The molecule has 0 amide bonds. The number of hydrogen-bond donors (Lipinski definition) is 0. The lowest BCUT2D eigenvalue weighted by Gasteiger charge is -1.97. The lowest BCUT2D eigenvalue weighted by molar-refractivity contribution is 1.09. The van der Waals surface area contributed by atoms with Crippen LogP contribution in [0.1, 0.15) is 26.0 Å². The molecule has 1 rings (SSSR count). The van der Waals surface area contributed by atoms with Gasteiger partial charge in [0.15, 0.2) is 0 Å². The highest BCUT2D eigenvalue weighted by molar-refractivity contribution is 9.10. The average molecular weight is 255 g/mol. The Kier molecular flexibility index (Phi) is 6.93. The largest absolute Gasteiger partial charge is 0.262 e. The van der Waals surface area contributed by atoms with Gasteiger partial charge in [-0.15, -0.1) is 0 Å². The summed E-state index contributed by atoms with van der Waals surface area (Å²) in [6, 6.07) is 1.84. The van der Waals surface area contributed by atoms with Crippen LogP contribution in [0.2, 0.25) is 0 Å².